The van der Waals surface area contributed by atoms with Gasteiger partial charge in [-0.1, -0.05) is 12.8 Å². The van der Waals surface area contributed by atoms with E-state index in [1.54, 1.807) is 7.05 Å². The fourth-order valence-corrected chi connectivity index (χ4v) is 3.24. The highest BCUT2D eigenvalue weighted by atomic mass is 16.4. The van der Waals surface area contributed by atoms with Crippen LogP contribution in [0.2, 0.25) is 0 Å². The molecule has 1 aromatic rings. The maximum absolute atomic E-state index is 11.9. The number of carbonyl (C=O) groups is 1. The summed E-state index contributed by atoms with van der Waals surface area (Å²) in [6, 6.07) is 1.79. The third-order valence-corrected chi connectivity index (χ3v) is 4.33. The fraction of sp³-hybridized carbons (Fsp3) is 0.625. The summed E-state index contributed by atoms with van der Waals surface area (Å²) in [4.78, 5) is 24.4. The van der Waals surface area contributed by atoms with Gasteiger partial charge in [-0.3, -0.25) is 14.5 Å². The van der Waals surface area contributed by atoms with Crippen LogP contribution in [0.5, 0.6) is 5.75 Å². The van der Waals surface area contributed by atoms with Gasteiger partial charge in [0.05, 0.1) is 12.1 Å². The monoisotopic (exact) mass is 308 g/mol. The number of hydrogen-bond donors (Lipinski definition) is 2. The summed E-state index contributed by atoms with van der Waals surface area (Å²) in [5, 5.41) is 19.0. The molecule has 6 heteroatoms. The minimum atomic E-state index is -0.853. The molecular weight excluding hydrogens is 284 g/mol. The molecule has 2 N–H and O–H groups in total. The molecule has 6 nitrogen and oxygen atoms in total. The van der Waals surface area contributed by atoms with Crippen LogP contribution in [0.3, 0.4) is 0 Å². The molecule has 122 valence electrons. The second kappa shape index (κ2) is 6.96. The Balaban J connectivity index is 2.31. The number of hydrogen-bond acceptors (Lipinski definition) is 4. The number of carboxylic acid groups (broad SMARTS) is 1. The fourth-order valence-electron chi connectivity index (χ4n) is 3.24. The Labute approximate surface area is 130 Å². The van der Waals surface area contributed by atoms with Crippen molar-refractivity contribution in [3.63, 3.8) is 0 Å². The van der Waals surface area contributed by atoms with Crippen LogP contribution in [0.4, 0.5) is 0 Å². The first-order chi connectivity index (χ1) is 10.4. The minimum Gasteiger partial charge on any atom is -0.503 e. The van der Waals surface area contributed by atoms with Crippen LogP contribution < -0.4 is 5.43 Å². The molecule has 0 atom stereocenters. The Bertz CT molecular complexity index is 603. The van der Waals surface area contributed by atoms with Crippen molar-refractivity contribution in [1.82, 2.24) is 9.47 Å². The van der Waals surface area contributed by atoms with Gasteiger partial charge in [-0.05, 0) is 26.8 Å². The number of aliphatic carboxylic acids is 1. The van der Waals surface area contributed by atoms with Crippen molar-refractivity contribution >= 4 is 5.97 Å². The molecule has 0 spiro atoms. The molecule has 0 unspecified atom stereocenters. The van der Waals surface area contributed by atoms with Crippen molar-refractivity contribution in [3.8, 4) is 5.75 Å². The summed E-state index contributed by atoms with van der Waals surface area (Å²) in [5.41, 5.74) is 1.09. The maximum atomic E-state index is 11.9. The predicted molar refractivity (Wildman–Crippen MR) is 83.2 cm³/mol. The molecule has 0 saturated heterocycles. The van der Waals surface area contributed by atoms with Crippen molar-refractivity contribution in [3.05, 3.63) is 27.7 Å². The van der Waals surface area contributed by atoms with Gasteiger partial charge in [0, 0.05) is 30.9 Å². The van der Waals surface area contributed by atoms with E-state index in [2.05, 4.69) is 4.57 Å². The van der Waals surface area contributed by atoms with E-state index >= 15 is 0 Å². The quantitative estimate of drug-likeness (QED) is 0.838. The molecule has 22 heavy (non-hydrogen) atoms. The van der Waals surface area contributed by atoms with Crippen molar-refractivity contribution in [2.24, 2.45) is 0 Å². The standard InChI is InChI=1S/C16H24N2O4/c1-11-9-14(19)16(22)13(10-17(2)8-7-15(20)21)18(11)12-5-3-4-6-12/h9,12,22H,3-8,10H2,1-2H3,(H,20,21). The molecule has 1 aliphatic rings. The largest absolute Gasteiger partial charge is 0.503 e. The lowest BCUT2D eigenvalue weighted by molar-refractivity contribution is -0.137. The molecule has 0 radical (unpaired) electrons. The van der Waals surface area contributed by atoms with E-state index in [1.165, 1.54) is 6.07 Å². The number of rotatable bonds is 6. The third kappa shape index (κ3) is 3.68. The summed E-state index contributed by atoms with van der Waals surface area (Å²) in [5.74, 6) is -1.06. The van der Waals surface area contributed by atoms with Gasteiger partial charge < -0.3 is 14.8 Å². The van der Waals surface area contributed by atoms with E-state index in [4.69, 9.17) is 5.11 Å². The molecule has 0 aliphatic heterocycles. The van der Waals surface area contributed by atoms with Gasteiger partial charge in [0.25, 0.3) is 0 Å². The minimum absolute atomic E-state index is 0.0384. The zero-order chi connectivity index (χ0) is 16.3. The van der Waals surface area contributed by atoms with Crippen LogP contribution in [0.1, 0.15) is 49.5 Å². The molecule has 0 bridgehead atoms. The van der Waals surface area contributed by atoms with Crippen molar-refractivity contribution < 1.29 is 15.0 Å². The molecule has 0 aromatic carbocycles. The van der Waals surface area contributed by atoms with E-state index in [0.717, 1.165) is 31.4 Å². The molecule has 1 fully saturated rings. The zero-order valence-electron chi connectivity index (χ0n) is 13.2. The summed E-state index contributed by atoms with van der Waals surface area (Å²) >= 11 is 0. The average molecular weight is 308 g/mol. The normalized spacial score (nSPS) is 15.6. The Kier molecular flexibility index (Phi) is 5.24. The summed E-state index contributed by atoms with van der Waals surface area (Å²) < 4.78 is 2.07. The molecule has 1 saturated carbocycles. The number of carboxylic acids is 1. The van der Waals surface area contributed by atoms with Crippen LogP contribution in [0, 0.1) is 6.92 Å². The number of aromatic hydroxyl groups is 1. The highest BCUT2D eigenvalue weighted by molar-refractivity contribution is 5.66. The second-order valence-electron chi connectivity index (χ2n) is 6.14. The van der Waals surface area contributed by atoms with Crippen LogP contribution in [-0.4, -0.2) is 39.2 Å². The van der Waals surface area contributed by atoms with Crippen LogP contribution in [-0.2, 0) is 11.3 Å². The third-order valence-electron chi connectivity index (χ3n) is 4.33. The number of aromatic nitrogens is 1. The van der Waals surface area contributed by atoms with E-state index in [1.807, 2.05) is 11.8 Å². The van der Waals surface area contributed by atoms with Gasteiger partial charge in [0.15, 0.2) is 5.75 Å². The van der Waals surface area contributed by atoms with E-state index in [-0.39, 0.29) is 17.6 Å². The van der Waals surface area contributed by atoms with Gasteiger partial charge in [-0.25, -0.2) is 0 Å². The first kappa shape index (κ1) is 16.5. The van der Waals surface area contributed by atoms with Crippen LogP contribution in [0.25, 0.3) is 0 Å². The van der Waals surface area contributed by atoms with Gasteiger partial charge in [-0.15, -0.1) is 0 Å². The SMILES string of the molecule is Cc1cc(=O)c(O)c(CN(C)CCC(=O)O)n1C1CCCC1. The number of aryl methyl sites for hydroxylation is 1. The molecule has 1 aliphatic carbocycles. The van der Waals surface area contributed by atoms with Crippen molar-refractivity contribution in [2.45, 2.75) is 51.6 Å². The Morgan fingerprint density at radius 3 is 2.64 bits per heavy atom. The number of nitrogens with zero attached hydrogens (tertiary/aromatic N) is 2. The smallest absolute Gasteiger partial charge is 0.304 e. The second-order valence-corrected chi connectivity index (χ2v) is 6.14. The van der Waals surface area contributed by atoms with E-state index in [0.29, 0.717) is 24.8 Å². The van der Waals surface area contributed by atoms with E-state index in [9.17, 15) is 14.7 Å². The van der Waals surface area contributed by atoms with Gasteiger partial charge in [0.2, 0.25) is 5.43 Å². The van der Waals surface area contributed by atoms with Gasteiger partial charge in [-0.2, -0.15) is 0 Å². The molecule has 0 amide bonds. The van der Waals surface area contributed by atoms with Crippen LogP contribution in [0.15, 0.2) is 10.9 Å². The summed E-state index contributed by atoms with van der Waals surface area (Å²) in [7, 11) is 1.80. The number of pyridine rings is 1. The van der Waals surface area contributed by atoms with Gasteiger partial charge >= 0.3 is 5.97 Å². The van der Waals surface area contributed by atoms with Gasteiger partial charge in [0.1, 0.15) is 0 Å². The first-order valence-electron chi connectivity index (χ1n) is 7.74. The lowest BCUT2D eigenvalue weighted by Crippen LogP contribution is -2.27. The Morgan fingerprint density at radius 2 is 2.05 bits per heavy atom. The van der Waals surface area contributed by atoms with Crippen LogP contribution >= 0.6 is 0 Å². The predicted octanol–water partition coefficient (Wildman–Crippen LogP) is 1.88. The van der Waals surface area contributed by atoms with Crippen molar-refractivity contribution in [2.75, 3.05) is 13.6 Å². The average Bonchev–Trinajstić information content (AvgIpc) is 2.96. The van der Waals surface area contributed by atoms with E-state index < -0.39 is 5.97 Å². The first-order valence-corrected chi connectivity index (χ1v) is 7.74. The lowest BCUT2D eigenvalue weighted by Gasteiger charge is -2.26. The molecule has 1 aromatic heterocycles. The molecule has 2 rings (SSSR count). The zero-order valence-corrected chi connectivity index (χ0v) is 13.2. The lowest BCUT2D eigenvalue weighted by atomic mass is 10.1. The highest BCUT2D eigenvalue weighted by Gasteiger charge is 2.23. The Morgan fingerprint density at radius 1 is 1.41 bits per heavy atom. The molecular formula is C16H24N2O4. The summed E-state index contributed by atoms with van der Waals surface area (Å²) in [6.07, 6.45) is 4.46. The maximum Gasteiger partial charge on any atom is 0.304 e. The highest BCUT2D eigenvalue weighted by Crippen LogP contribution is 2.33. The Hall–Kier alpha value is -1.82. The topological polar surface area (TPSA) is 82.8 Å². The van der Waals surface area contributed by atoms with Crippen molar-refractivity contribution in [1.29, 1.82) is 0 Å². The molecule has 1 heterocycles. The summed E-state index contributed by atoms with van der Waals surface area (Å²) in [6.45, 7) is 2.63.